The van der Waals surface area contributed by atoms with Gasteiger partial charge in [-0.15, -0.1) is 0 Å². The highest BCUT2D eigenvalue weighted by Gasteiger charge is 2.04. The molecule has 0 aliphatic rings. The zero-order valence-corrected chi connectivity index (χ0v) is 9.88. The van der Waals surface area contributed by atoms with E-state index in [4.69, 9.17) is 20.7 Å². The van der Waals surface area contributed by atoms with Gasteiger partial charge < -0.3 is 20.7 Å². The third kappa shape index (κ3) is 5.04. The molecule has 0 unspecified atom stereocenters. The highest BCUT2D eigenvalue weighted by molar-refractivity contribution is 5.51. The monoisotopic (exact) mass is 240 g/mol. The van der Waals surface area contributed by atoms with E-state index >= 15 is 0 Å². The minimum atomic E-state index is 0.0769. The van der Waals surface area contributed by atoms with Crippen molar-refractivity contribution in [3.63, 3.8) is 0 Å². The Labute approximate surface area is 101 Å². The number of benzene rings is 1. The zero-order valence-electron chi connectivity index (χ0n) is 9.88. The van der Waals surface area contributed by atoms with Crippen molar-refractivity contribution in [3.05, 3.63) is 24.3 Å². The van der Waals surface area contributed by atoms with Gasteiger partial charge >= 0.3 is 0 Å². The number of para-hydroxylation sites is 2. The van der Waals surface area contributed by atoms with Crippen LogP contribution < -0.4 is 10.5 Å². The summed E-state index contributed by atoms with van der Waals surface area (Å²) in [7, 11) is 0. The fourth-order valence-corrected chi connectivity index (χ4v) is 1.51. The molecule has 0 aliphatic carbocycles. The van der Waals surface area contributed by atoms with E-state index in [1.54, 1.807) is 6.07 Å². The Hall–Kier alpha value is -1.30. The van der Waals surface area contributed by atoms with Gasteiger partial charge in [0.25, 0.3) is 0 Å². The van der Waals surface area contributed by atoms with Crippen LogP contribution in [-0.2, 0) is 0 Å². The molecular formula is C12H20N2O3. The number of nitrogens with two attached hydrogens (primary N) is 1. The Morgan fingerprint density at radius 1 is 1.06 bits per heavy atom. The van der Waals surface area contributed by atoms with E-state index in [0.717, 1.165) is 0 Å². The van der Waals surface area contributed by atoms with Crippen LogP contribution in [-0.4, -0.2) is 54.6 Å². The molecule has 5 nitrogen and oxygen atoms in total. The number of nitrogens with zero attached hydrogens (tertiary/aromatic N) is 1. The molecule has 0 radical (unpaired) electrons. The number of ether oxygens (including phenoxy) is 1. The summed E-state index contributed by atoms with van der Waals surface area (Å²) in [6.07, 6.45) is 0. The Morgan fingerprint density at radius 2 is 1.71 bits per heavy atom. The third-order valence-corrected chi connectivity index (χ3v) is 2.42. The summed E-state index contributed by atoms with van der Waals surface area (Å²) in [5.41, 5.74) is 6.35. The van der Waals surface area contributed by atoms with Crippen molar-refractivity contribution in [1.29, 1.82) is 0 Å². The second-order valence-corrected chi connectivity index (χ2v) is 3.68. The molecule has 96 valence electrons. The summed E-state index contributed by atoms with van der Waals surface area (Å²) in [6.45, 7) is 2.35. The number of hydrogen-bond donors (Lipinski definition) is 3. The van der Waals surface area contributed by atoms with E-state index in [-0.39, 0.29) is 13.2 Å². The molecule has 4 N–H and O–H groups in total. The molecule has 5 heteroatoms. The first-order valence-corrected chi connectivity index (χ1v) is 5.69. The van der Waals surface area contributed by atoms with E-state index in [9.17, 15) is 0 Å². The normalized spacial score (nSPS) is 10.8. The van der Waals surface area contributed by atoms with Gasteiger partial charge in [-0.1, -0.05) is 12.1 Å². The number of aliphatic hydroxyl groups excluding tert-OH is 2. The molecule has 0 aromatic heterocycles. The van der Waals surface area contributed by atoms with Crippen LogP contribution in [0.1, 0.15) is 0 Å². The van der Waals surface area contributed by atoms with Crippen LogP contribution in [0.4, 0.5) is 5.69 Å². The summed E-state index contributed by atoms with van der Waals surface area (Å²) in [4.78, 5) is 1.93. The van der Waals surface area contributed by atoms with Crippen LogP contribution in [0.2, 0.25) is 0 Å². The van der Waals surface area contributed by atoms with Gasteiger partial charge in [-0.3, -0.25) is 4.90 Å². The van der Waals surface area contributed by atoms with Crippen molar-refractivity contribution in [1.82, 2.24) is 4.90 Å². The molecule has 0 aliphatic heterocycles. The SMILES string of the molecule is Nc1ccccc1OCCN(CCO)CCO. The highest BCUT2D eigenvalue weighted by Crippen LogP contribution is 2.19. The number of aliphatic hydroxyl groups is 2. The summed E-state index contributed by atoms with van der Waals surface area (Å²) in [5.74, 6) is 0.667. The summed E-state index contributed by atoms with van der Waals surface area (Å²) >= 11 is 0. The van der Waals surface area contributed by atoms with Crippen LogP contribution in [0.3, 0.4) is 0 Å². The van der Waals surface area contributed by atoms with E-state index < -0.39 is 0 Å². The maximum absolute atomic E-state index is 8.84. The fourth-order valence-electron chi connectivity index (χ4n) is 1.51. The number of nitrogen functional groups attached to an aromatic ring is 1. The van der Waals surface area contributed by atoms with Gasteiger partial charge in [-0.05, 0) is 12.1 Å². The van der Waals surface area contributed by atoms with Crippen molar-refractivity contribution in [2.24, 2.45) is 0 Å². The van der Waals surface area contributed by atoms with Crippen molar-refractivity contribution in [2.45, 2.75) is 0 Å². The lowest BCUT2D eigenvalue weighted by atomic mass is 10.3. The summed E-state index contributed by atoms with van der Waals surface area (Å²) in [5, 5.41) is 17.7. The van der Waals surface area contributed by atoms with E-state index in [0.29, 0.717) is 37.7 Å². The lowest BCUT2D eigenvalue weighted by Gasteiger charge is -2.20. The van der Waals surface area contributed by atoms with Crippen LogP contribution in [0.15, 0.2) is 24.3 Å². The molecule has 0 bridgehead atoms. The fraction of sp³-hybridized carbons (Fsp3) is 0.500. The van der Waals surface area contributed by atoms with Gasteiger partial charge in [-0.2, -0.15) is 0 Å². The molecule has 1 aromatic carbocycles. The first-order chi connectivity index (χ1) is 8.27. The average Bonchev–Trinajstić information content (AvgIpc) is 2.32. The number of hydrogen-bond acceptors (Lipinski definition) is 5. The second-order valence-electron chi connectivity index (χ2n) is 3.68. The molecule has 1 aromatic rings. The Bertz CT molecular complexity index is 314. The predicted octanol–water partition coefficient (Wildman–Crippen LogP) is -0.0658. The van der Waals surface area contributed by atoms with Gasteiger partial charge in [0.2, 0.25) is 0 Å². The second kappa shape index (κ2) is 7.89. The Balaban J connectivity index is 2.33. The van der Waals surface area contributed by atoms with Crippen molar-refractivity contribution in [2.75, 3.05) is 45.2 Å². The molecule has 0 fully saturated rings. The molecule has 0 atom stereocenters. The van der Waals surface area contributed by atoms with E-state index in [1.165, 1.54) is 0 Å². The van der Waals surface area contributed by atoms with Gasteiger partial charge in [-0.25, -0.2) is 0 Å². The lowest BCUT2D eigenvalue weighted by Crippen LogP contribution is -2.33. The van der Waals surface area contributed by atoms with Crippen LogP contribution in [0, 0.1) is 0 Å². The standard InChI is InChI=1S/C12H20N2O3/c13-11-3-1-2-4-12(11)17-10-7-14(5-8-15)6-9-16/h1-4,15-16H,5-10,13H2. The van der Waals surface area contributed by atoms with Gasteiger partial charge in [0.15, 0.2) is 0 Å². The molecule has 0 heterocycles. The average molecular weight is 240 g/mol. The van der Waals surface area contributed by atoms with E-state index in [1.807, 2.05) is 23.1 Å². The summed E-state index contributed by atoms with van der Waals surface area (Å²) in [6, 6.07) is 7.32. The maximum Gasteiger partial charge on any atom is 0.142 e. The topological polar surface area (TPSA) is 79.0 Å². The number of anilines is 1. The molecular weight excluding hydrogens is 220 g/mol. The minimum Gasteiger partial charge on any atom is -0.490 e. The predicted molar refractivity (Wildman–Crippen MR) is 67.0 cm³/mol. The number of rotatable bonds is 8. The van der Waals surface area contributed by atoms with Crippen LogP contribution in [0.5, 0.6) is 5.75 Å². The van der Waals surface area contributed by atoms with Gasteiger partial charge in [0.1, 0.15) is 12.4 Å². The van der Waals surface area contributed by atoms with E-state index in [2.05, 4.69) is 0 Å². The quantitative estimate of drug-likeness (QED) is 0.555. The lowest BCUT2D eigenvalue weighted by molar-refractivity contribution is 0.142. The zero-order chi connectivity index (χ0) is 12.5. The third-order valence-electron chi connectivity index (χ3n) is 2.42. The van der Waals surface area contributed by atoms with Gasteiger partial charge in [0, 0.05) is 19.6 Å². The summed E-state index contributed by atoms with van der Waals surface area (Å²) < 4.78 is 5.53. The van der Waals surface area contributed by atoms with Crippen LogP contribution >= 0.6 is 0 Å². The first-order valence-electron chi connectivity index (χ1n) is 5.69. The Kier molecular flexibility index (Phi) is 6.39. The van der Waals surface area contributed by atoms with Crippen molar-refractivity contribution >= 4 is 5.69 Å². The molecule has 0 amide bonds. The molecule has 0 saturated heterocycles. The molecule has 0 spiro atoms. The van der Waals surface area contributed by atoms with Crippen molar-refractivity contribution < 1.29 is 14.9 Å². The molecule has 17 heavy (non-hydrogen) atoms. The van der Waals surface area contributed by atoms with Gasteiger partial charge in [0.05, 0.1) is 18.9 Å². The molecule has 1 rings (SSSR count). The highest BCUT2D eigenvalue weighted by atomic mass is 16.5. The minimum absolute atomic E-state index is 0.0769. The first kappa shape index (κ1) is 13.8. The smallest absolute Gasteiger partial charge is 0.142 e. The Morgan fingerprint density at radius 3 is 2.29 bits per heavy atom. The van der Waals surface area contributed by atoms with Crippen LogP contribution in [0.25, 0.3) is 0 Å². The largest absolute Gasteiger partial charge is 0.490 e. The molecule has 0 saturated carbocycles. The van der Waals surface area contributed by atoms with Crippen molar-refractivity contribution in [3.8, 4) is 5.75 Å². The maximum atomic E-state index is 8.84.